The molecule has 3 heterocycles. The van der Waals surface area contributed by atoms with E-state index in [0.29, 0.717) is 0 Å². The van der Waals surface area contributed by atoms with E-state index in [4.69, 9.17) is 9.97 Å². The van der Waals surface area contributed by atoms with Crippen molar-refractivity contribution in [3.63, 3.8) is 0 Å². The molecular formula is C44H29N3O. The largest absolute Gasteiger partial charge is 0.507 e. The van der Waals surface area contributed by atoms with Gasteiger partial charge in [-0.2, -0.15) is 0 Å². The monoisotopic (exact) mass is 615 g/mol. The van der Waals surface area contributed by atoms with E-state index in [1.807, 2.05) is 72.9 Å². The van der Waals surface area contributed by atoms with Crippen molar-refractivity contribution < 1.29 is 5.11 Å². The van der Waals surface area contributed by atoms with Crippen molar-refractivity contribution in [2.24, 2.45) is 0 Å². The zero-order valence-corrected chi connectivity index (χ0v) is 26.0. The van der Waals surface area contributed by atoms with E-state index >= 15 is 0 Å². The molecule has 0 aliphatic carbocycles. The third kappa shape index (κ3) is 4.70. The summed E-state index contributed by atoms with van der Waals surface area (Å²) in [6.45, 7) is 0. The Morgan fingerprint density at radius 3 is 2.06 bits per heavy atom. The van der Waals surface area contributed by atoms with Crippen LogP contribution >= 0.6 is 0 Å². The number of phenols is 1. The number of rotatable bonds is 5. The fraction of sp³-hybridized carbons (Fsp3) is 0. The molecule has 6 aromatic carbocycles. The minimum Gasteiger partial charge on any atom is -0.507 e. The fourth-order valence-corrected chi connectivity index (χ4v) is 6.83. The van der Waals surface area contributed by atoms with Crippen LogP contribution < -0.4 is 0 Å². The van der Waals surface area contributed by atoms with Crippen molar-refractivity contribution in [2.75, 3.05) is 0 Å². The molecule has 0 aliphatic heterocycles. The van der Waals surface area contributed by atoms with Gasteiger partial charge in [0.25, 0.3) is 0 Å². The number of aromatic nitrogens is 3. The summed E-state index contributed by atoms with van der Waals surface area (Å²) in [6, 6.07) is 56.0. The molecule has 48 heavy (non-hydrogen) atoms. The minimum atomic E-state index is 0.253. The van der Waals surface area contributed by atoms with Gasteiger partial charge in [0.05, 0.1) is 11.2 Å². The fourth-order valence-electron chi connectivity index (χ4n) is 6.83. The Kier molecular flexibility index (Phi) is 6.58. The number of phenolic OH excluding ortho intramolecular Hbond substituents is 1. The quantitative estimate of drug-likeness (QED) is 0.210. The average Bonchev–Trinajstić information content (AvgIpc) is 3.49. The third-order valence-corrected chi connectivity index (χ3v) is 9.14. The second-order valence-corrected chi connectivity index (χ2v) is 12.0. The molecule has 0 aliphatic rings. The lowest BCUT2D eigenvalue weighted by atomic mass is 9.92. The van der Waals surface area contributed by atoms with Gasteiger partial charge in [-0.15, -0.1) is 0 Å². The third-order valence-electron chi connectivity index (χ3n) is 9.14. The molecule has 0 saturated carbocycles. The van der Waals surface area contributed by atoms with E-state index in [1.54, 1.807) is 0 Å². The van der Waals surface area contributed by atoms with E-state index in [9.17, 15) is 5.11 Å². The molecule has 3 aromatic heterocycles. The Morgan fingerprint density at radius 2 is 1.17 bits per heavy atom. The predicted molar refractivity (Wildman–Crippen MR) is 197 cm³/mol. The van der Waals surface area contributed by atoms with Crippen LogP contribution in [0.5, 0.6) is 5.75 Å². The highest BCUT2D eigenvalue weighted by Crippen LogP contribution is 2.41. The Hall–Kier alpha value is -6.52. The number of aromatic hydroxyl groups is 1. The van der Waals surface area contributed by atoms with Gasteiger partial charge >= 0.3 is 0 Å². The van der Waals surface area contributed by atoms with Crippen LogP contribution in [-0.2, 0) is 0 Å². The van der Waals surface area contributed by atoms with E-state index in [-0.39, 0.29) is 5.75 Å². The molecule has 226 valence electrons. The van der Waals surface area contributed by atoms with Crippen LogP contribution in [0.15, 0.2) is 170 Å². The maximum atomic E-state index is 11.7. The number of benzene rings is 6. The van der Waals surface area contributed by atoms with Gasteiger partial charge in [-0.05, 0) is 87.6 Å². The summed E-state index contributed by atoms with van der Waals surface area (Å²) in [5, 5.41) is 16.3. The van der Waals surface area contributed by atoms with Gasteiger partial charge in [0.15, 0.2) is 0 Å². The maximum Gasteiger partial charge on any atom is 0.146 e. The summed E-state index contributed by atoms with van der Waals surface area (Å²) in [7, 11) is 0. The van der Waals surface area contributed by atoms with Gasteiger partial charge < -0.3 is 5.11 Å². The Labute approximate surface area is 277 Å². The summed E-state index contributed by atoms with van der Waals surface area (Å²) >= 11 is 0. The van der Waals surface area contributed by atoms with Crippen molar-refractivity contribution in [2.45, 2.75) is 0 Å². The highest BCUT2D eigenvalue weighted by atomic mass is 16.3. The first-order chi connectivity index (χ1) is 23.7. The first kappa shape index (κ1) is 27.8. The molecule has 0 bridgehead atoms. The lowest BCUT2D eigenvalue weighted by molar-refractivity contribution is 0.479. The van der Waals surface area contributed by atoms with Crippen molar-refractivity contribution in [1.29, 1.82) is 0 Å². The summed E-state index contributed by atoms with van der Waals surface area (Å²) in [5.74, 6) is 1.05. The van der Waals surface area contributed by atoms with Crippen LogP contribution in [0.1, 0.15) is 0 Å². The first-order valence-electron chi connectivity index (χ1n) is 16.1. The van der Waals surface area contributed by atoms with Crippen LogP contribution in [-0.4, -0.2) is 19.6 Å². The molecule has 0 saturated heterocycles. The van der Waals surface area contributed by atoms with Gasteiger partial charge in [0, 0.05) is 33.7 Å². The molecule has 0 amide bonds. The standard InChI is InChI=1S/C44H29N3O/c48-43-36(30-12-2-1-3-13-30)16-8-17-37(43)34-26-33(32-23-22-29-11-4-5-14-31(29)25-32)27-35(28-34)40-19-9-21-42(46-40)47-41-20-7-6-15-38(41)39-18-10-24-45-44(39)47/h1-28,48H. The second-order valence-electron chi connectivity index (χ2n) is 12.0. The zero-order chi connectivity index (χ0) is 32.0. The van der Waals surface area contributed by atoms with E-state index in [2.05, 4.69) is 102 Å². The molecule has 0 spiro atoms. The Morgan fingerprint density at radius 1 is 0.458 bits per heavy atom. The van der Waals surface area contributed by atoms with Gasteiger partial charge in [0.2, 0.25) is 0 Å². The SMILES string of the molecule is Oc1c(-c2ccccc2)cccc1-c1cc(-c2ccc3ccccc3c2)cc(-c2cccc(-n3c4ccccc4c4cccnc43)n2)c1. The Bertz CT molecular complexity index is 2590. The van der Waals surface area contributed by atoms with Crippen LogP contribution in [0.2, 0.25) is 0 Å². The number of para-hydroxylation sites is 2. The van der Waals surface area contributed by atoms with Crippen LogP contribution in [0.3, 0.4) is 0 Å². The molecule has 0 fully saturated rings. The van der Waals surface area contributed by atoms with Gasteiger partial charge in [-0.3, -0.25) is 4.57 Å². The van der Waals surface area contributed by atoms with Crippen LogP contribution in [0, 0.1) is 0 Å². The molecule has 0 atom stereocenters. The highest BCUT2D eigenvalue weighted by molar-refractivity contribution is 6.07. The molecule has 1 N–H and O–H groups in total. The lowest BCUT2D eigenvalue weighted by Gasteiger charge is -2.15. The number of nitrogens with zero attached hydrogens (tertiary/aromatic N) is 3. The van der Waals surface area contributed by atoms with Gasteiger partial charge in [0.1, 0.15) is 17.2 Å². The lowest BCUT2D eigenvalue weighted by Crippen LogP contribution is -1.99. The normalized spacial score (nSPS) is 11.4. The maximum absolute atomic E-state index is 11.7. The number of fused-ring (bicyclic) bond motifs is 4. The molecule has 4 heteroatoms. The van der Waals surface area contributed by atoms with E-state index < -0.39 is 0 Å². The summed E-state index contributed by atoms with van der Waals surface area (Å²) in [6.07, 6.45) is 1.83. The smallest absolute Gasteiger partial charge is 0.146 e. The molecule has 4 nitrogen and oxygen atoms in total. The van der Waals surface area contributed by atoms with Crippen LogP contribution in [0.25, 0.3) is 83.2 Å². The molecule has 9 aromatic rings. The number of pyridine rings is 2. The van der Waals surface area contributed by atoms with Gasteiger partial charge in [-0.1, -0.05) is 109 Å². The van der Waals surface area contributed by atoms with E-state index in [0.717, 1.165) is 72.4 Å². The topological polar surface area (TPSA) is 50.9 Å². The molecule has 0 unspecified atom stereocenters. The van der Waals surface area contributed by atoms with Crippen molar-refractivity contribution in [1.82, 2.24) is 14.5 Å². The van der Waals surface area contributed by atoms with E-state index in [1.165, 1.54) is 10.8 Å². The molecule has 9 rings (SSSR count). The second kappa shape index (κ2) is 11.4. The summed E-state index contributed by atoms with van der Waals surface area (Å²) in [5.41, 5.74) is 9.30. The first-order valence-corrected chi connectivity index (χ1v) is 16.1. The summed E-state index contributed by atoms with van der Waals surface area (Å²) in [4.78, 5) is 10.0. The Balaban J connectivity index is 1.25. The van der Waals surface area contributed by atoms with Crippen LogP contribution in [0.4, 0.5) is 0 Å². The van der Waals surface area contributed by atoms with Crippen molar-refractivity contribution >= 4 is 32.7 Å². The average molecular weight is 616 g/mol. The zero-order valence-electron chi connectivity index (χ0n) is 26.0. The summed E-state index contributed by atoms with van der Waals surface area (Å²) < 4.78 is 2.14. The van der Waals surface area contributed by atoms with Gasteiger partial charge in [-0.25, -0.2) is 9.97 Å². The number of hydrogen-bond donors (Lipinski definition) is 1. The minimum absolute atomic E-state index is 0.253. The van der Waals surface area contributed by atoms with Crippen molar-refractivity contribution in [3.05, 3.63) is 170 Å². The van der Waals surface area contributed by atoms with Crippen molar-refractivity contribution in [3.8, 4) is 56.2 Å². The molecule has 0 radical (unpaired) electrons. The highest BCUT2D eigenvalue weighted by Gasteiger charge is 2.17. The predicted octanol–water partition coefficient (Wildman–Crippen LogP) is 11.1. The molecular weight excluding hydrogens is 587 g/mol. The number of hydrogen-bond acceptors (Lipinski definition) is 3.